The first-order valence-corrected chi connectivity index (χ1v) is 8.13. The summed E-state index contributed by atoms with van der Waals surface area (Å²) < 4.78 is 1.83. The summed E-state index contributed by atoms with van der Waals surface area (Å²) in [5, 5.41) is 0.726. The first-order chi connectivity index (χ1) is 11.2. The lowest BCUT2D eigenvalue weighted by atomic mass is 10.1. The maximum Gasteiger partial charge on any atom is 0.261 e. The summed E-state index contributed by atoms with van der Waals surface area (Å²) in [6.07, 6.45) is 4.52. The molecule has 0 saturated carbocycles. The van der Waals surface area contributed by atoms with Crippen molar-refractivity contribution in [3.05, 3.63) is 70.0 Å². The Labute approximate surface area is 134 Å². The van der Waals surface area contributed by atoms with Crippen LogP contribution in [0.4, 0.5) is 0 Å². The molecule has 1 aromatic carbocycles. The summed E-state index contributed by atoms with van der Waals surface area (Å²) in [5.74, 6) is 1.42. The second-order valence-corrected chi connectivity index (χ2v) is 6.43. The van der Waals surface area contributed by atoms with Crippen molar-refractivity contribution >= 4 is 10.9 Å². The van der Waals surface area contributed by atoms with Gasteiger partial charge in [0.15, 0.2) is 0 Å². The Morgan fingerprint density at radius 1 is 1.22 bits per heavy atom. The fraction of sp³-hybridized carbons (Fsp3) is 0.316. The minimum atomic E-state index is 0.102. The molecule has 0 saturated heterocycles. The lowest BCUT2D eigenvalue weighted by molar-refractivity contribution is 0.558. The Morgan fingerprint density at radius 2 is 2.13 bits per heavy atom. The average Bonchev–Trinajstić information content (AvgIpc) is 2.94. The minimum absolute atomic E-state index is 0.102. The van der Waals surface area contributed by atoms with Crippen LogP contribution in [0.25, 0.3) is 10.9 Å². The standard InChI is InChI=1S/C19H19N3O/c1-13-10-18-21-17-11-14(5-7-15-4-2-3-9-20-15)6-8-16(17)19(23)22(18)12-13/h2-4,6,8-9,11,13H,5,7,10,12H2,1H3. The molecule has 0 fully saturated rings. The third-order valence-corrected chi connectivity index (χ3v) is 4.52. The summed E-state index contributed by atoms with van der Waals surface area (Å²) in [6, 6.07) is 12.0. The second-order valence-electron chi connectivity index (χ2n) is 6.43. The Kier molecular flexibility index (Phi) is 3.45. The fourth-order valence-corrected chi connectivity index (χ4v) is 3.32. The summed E-state index contributed by atoms with van der Waals surface area (Å²) in [7, 11) is 0. The van der Waals surface area contributed by atoms with Gasteiger partial charge < -0.3 is 0 Å². The number of rotatable bonds is 3. The van der Waals surface area contributed by atoms with E-state index < -0.39 is 0 Å². The van der Waals surface area contributed by atoms with Crippen molar-refractivity contribution in [1.29, 1.82) is 0 Å². The van der Waals surface area contributed by atoms with Crippen molar-refractivity contribution < 1.29 is 0 Å². The van der Waals surface area contributed by atoms with Crippen LogP contribution in [0.5, 0.6) is 0 Å². The molecule has 1 aliphatic rings. The summed E-state index contributed by atoms with van der Waals surface area (Å²) >= 11 is 0. The maximum absolute atomic E-state index is 12.6. The SMILES string of the molecule is CC1Cc2nc3cc(CCc4ccccn4)ccc3c(=O)n2C1. The van der Waals surface area contributed by atoms with Gasteiger partial charge in [-0.1, -0.05) is 19.1 Å². The average molecular weight is 305 g/mol. The minimum Gasteiger partial charge on any atom is -0.296 e. The van der Waals surface area contributed by atoms with Crippen molar-refractivity contribution in [3.8, 4) is 0 Å². The van der Waals surface area contributed by atoms with Crippen LogP contribution in [0, 0.1) is 5.92 Å². The molecule has 0 bridgehead atoms. The van der Waals surface area contributed by atoms with Gasteiger partial charge in [-0.3, -0.25) is 14.3 Å². The van der Waals surface area contributed by atoms with Gasteiger partial charge in [0.25, 0.3) is 5.56 Å². The van der Waals surface area contributed by atoms with Crippen LogP contribution in [-0.4, -0.2) is 14.5 Å². The normalized spacial score (nSPS) is 16.7. The number of hydrogen-bond acceptors (Lipinski definition) is 3. The molecule has 4 nitrogen and oxygen atoms in total. The van der Waals surface area contributed by atoms with E-state index in [4.69, 9.17) is 4.98 Å². The van der Waals surface area contributed by atoms with Gasteiger partial charge in [0, 0.05) is 24.9 Å². The quantitative estimate of drug-likeness (QED) is 0.747. The van der Waals surface area contributed by atoms with Crippen LogP contribution in [-0.2, 0) is 25.8 Å². The smallest absolute Gasteiger partial charge is 0.261 e. The van der Waals surface area contributed by atoms with Gasteiger partial charge in [0.05, 0.1) is 10.9 Å². The van der Waals surface area contributed by atoms with Crippen molar-refractivity contribution in [2.75, 3.05) is 0 Å². The number of aromatic nitrogens is 3. The van der Waals surface area contributed by atoms with Crippen LogP contribution < -0.4 is 5.56 Å². The number of fused-ring (bicyclic) bond motifs is 2. The van der Waals surface area contributed by atoms with E-state index >= 15 is 0 Å². The van der Waals surface area contributed by atoms with Crippen molar-refractivity contribution in [1.82, 2.24) is 14.5 Å². The molecule has 4 heteroatoms. The van der Waals surface area contributed by atoms with E-state index in [1.54, 1.807) is 0 Å². The molecule has 1 aliphatic heterocycles. The Balaban J connectivity index is 1.66. The third-order valence-electron chi connectivity index (χ3n) is 4.52. The summed E-state index contributed by atoms with van der Waals surface area (Å²) in [5.41, 5.74) is 3.22. The zero-order valence-electron chi connectivity index (χ0n) is 13.2. The van der Waals surface area contributed by atoms with E-state index in [1.165, 1.54) is 5.56 Å². The second kappa shape index (κ2) is 5.61. The third kappa shape index (κ3) is 2.65. The van der Waals surface area contributed by atoms with Gasteiger partial charge in [-0.05, 0) is 48.6 Å². The number of aryl methyl sites for hydroxylation is 2. The van der Waals surface area contributed by atoms with Crippen molar-refractivity contribution in [2.45, 2.75) is 32.7 Å². The molecule has 4 rings (SSSR count). The molecule has 0 radical (unpaired) electrons. The van der Waals surface area contributed by atoms with Gasteiger partial charge >= 0.3 is 0 Å². The van der Waals surface area contributed by atoms with E-state index in [9.17, 15) is 4.79 Å². The van der Waals surface area contributed by atoms with E-state index in [0.717, 1.165) is 48.2 Å². The van der Waals surface area contributed by atoms with Gasteiger partial charge in [-0.2, -0.15) is 0 Å². The molecule has 1 unspecified atom stereocenters. The molecule has 0 N–H and O–H groups in total. The molecule has 23 heavy (non-hydrogen) atoms. The first kappa shape index (κ1) is 14.1. The lowest BCUT2D eigenvalue weighted by Crippen LogP contribution is -2.21. The highest BCUT2D eigenvalue weighted by Gasteiger charge is 2.21. The Hall–Kier alpha value is -2.49. The van der Waals surface area contributed by atoms with Crippen LogP contribution in [0.15, 0.2) is 47.4 Å². The number of hydrogen-bond donors (Lipinski definition) is 0. The predicted molar refractivity (Wildman–Crippen MR) is 90.5 cm³/mol. The van der Waals surface area contributed by atoms with E-state index in [1.807, 2.05) is 41.1 Å². The van der Waals surface area contributed by atoms with Crippen LogP contribution >= 0.6 is 0 Å². The molecule has 0 spiro atoms. The molecular formula is C19H19N3O. The van der Waals surface area contributed by atoms with E-state index in [-0.39, 0.29) is 5.56 Å². The van der Waals surface area contributed by atoms with Gasteiger partial charge in [0.2, 0.25) is 0 Å². The Bertz CT molecular complexity index is 915. The van der Waals surface area contributed by atoms with Crippen LogP contribution in [0.1, 0.15) is 24.0 Å². The molecule has 3 aromatic rings. The Morgan fingerprint density at radius 3 is 2.96 bits per heavy atom. The maximum atomic E-state index is 12.6. The molecule has 116 valence electrons. The number of pyridine rings is 1. The van der Waals surface area contributed by atoms with Gasteiger partial charge in [-0.25, -0.2) is 4.98 Å². The number of benzene rings is 1. The molecular weight excluding hydrogens is 286 g/mol. The first-order valence-electron chi connectivity index (χ1n) is 8.13. The van der Waals surface area contributed by atoms with Gasteiger partial charge in [0.1, 0.15) is 5.82 Å². The van der Waals surface area contributed by atoms with Crippen LogP contribution in [0.2, 0.25) is 0 Å². The van der Waals surface area contributed by atoms with E-state index in [0.29, 0.717) is 5.92 Å². The predicted octanol–water partition coefficient (Wildman–Crippen LogP) is 2.77. The largest absolute Gasteiger partial charge is 0.296 e. The highest BCUT2D eigenvalue weighted by atomic mass is 16.1. The molecule has 3 heterocycles. The highest BCUT2D eigenvalue weighted by molar-refractivity contribution is 5.78. The fourth-order valence-electron chi connectivity index (χ4n) is 3.32. The van der Waals surface area contributed by atoms with Crippen LogP contribution in [0.3, 0.4) is 0 Å². The number of nitrogens with zero attached hydrogens (tertiary/aromatic N) is 3. The topological polar surface area (TPSA) is 47.8 Å². The van der Waals surface area contributed by atoms with Crippen molar-refractivity contribution in [3.63, 3.8) is 0 Å². The van der Waals surface area contributed by atoms with Gasteiger partial charge in [-0.15, -0.1) is 0 Å². The monoisotopic (exact) mass is 305 g/mol. The zero-order valence-corrected chi connectivity index (χ0v) is 13.2. The highest BCUT2D eigenvalue weighted by Crippen LogP contribution is 2.20. The summed E-state index contributed by atoms with van der Waals surface area (Å²) in [4.78, 5) is 21.7. The zero-order chi connectivity index (χ0) is 15.8. The molecule has 1 atom stereocenters. The molecule has 0 amide bonds. The molecule has 0 aliphatic carbocycles. The van der Waals surface area contributed by atoms with Crippen molar-refractivity contribution in [2.24, 2.45) is 5.92 Å². The van der Waals surface area contributed by atoms with E-state index in [2.05, 4.69) is 18.0 Å². The lowest BCUT2D eigenvalue weighted by Gasteiger charge is -2.07. The molecule has 2 aromatic heterocycles. The summed E-state index contributed by atoms with van der Waals surface area (Å²) in [6.45, 7) is 2.95.